The van der Waals surface area contributed by atoms with Gasteiger partial charge in [-0.05, 0) is 71.9 Å². The first-order valence-corrected chi connectivity index (χ1v) is 9.11. The fourth-order valence-electron chi connectivity index (χ4n) is 3.13. The van der Waals surface area contributed by atoms with Crippen molar-refractivity contribution < 1.29 is 14.3 Å². The summed E-state index contributed by atoms with van der Waals surface area (Å²) in [5.74, 6) is 0. The number of hydrogen-bond acceptors (Lipinski definition) is 3. The van der Waals surface area contributed by atoms with Gasteiger partial charge >= 0.3 is 6.09 Å². The number of likely N-dealkylation sites (tertiary alicyclic amines) is 1. The van der Waals surface area contributed by atoms with Crippen LogP contribution in [-0.4, -0.2) is 40.8 Å². The average Bonchev–Trinajstić information content (AvgIpc) is 3.04. The number of amides is 1. The summed E-state index contributed by atoms with van der Waals surface area (Å²) in [6.07, 6.45) is 7.05. The summed E-state index contributed by atoms with van der Waals surface area (Å²) in [5, 5.41) is 0. The molecule has 0 unspecified atom stereocenters. The lowest BCUT2D eigenvalue weighted by Crippen LogP contribution is -2.46. The Hall–Kier alpha value is -1.49. The van der Waals surface area contributed by atoms with Gasteiger partial charge in [0, 0.05) is 31.1 Å². The zero-order chi connectivity index (χ0) is 17.6. The molecule has 2 atom stereocenters. The van der Waals surface area contributed by atoms with Gasteiger partial charge in [-0.1, -0.05) is 0 Å². The molecule has 5 nitrogen and oxygen atoms in total. The van der Waals surface area contributed by atoms with Crippen LogP contribution < -0.4 is 0 Å². The minimum absolute atomic E-state index is 0.0771. The van der Waals surface area contributed by atoms with Gasteiger partial charge in [-0.3, -0.25) is 0 Å². The number of piperidine rings is 1. The molecule has 2 rings (SSSR count). The van der Waals surface area contributed by atoms with Gasteiger partial charge in [-0.2, -0.15) is 0 Å². The summed E-state index contributed by atoms with van der Waals surface area (Å²) in [6, 6.07) is 4.30. The molecule has 24 heavy (non-hydrogen) atoms. The number of ether oxygens (including phenoxy) is 2. The molecule has 0 spiro atoms. The van der Waals surface area contributed by atoms with Crippen LogP contribution in [-0.2, 0) is 9.47 Å². The summed E-state index contributed by atoms with van der Waals surface area (Å²) in [6.45, 7) is 9.32. The van der Waals surface area contributed by atoms with Gasteiger partial charge in [-0.25, -0.2) is 4.79 Å². The van der Waals surface area contributed by atoms with Gasteiger partial charge in [0.15, 0.2) is 0 Å². The highest BCUT2D eigenvalue weighted by molar-refractivity contribution is 5.68. The number of hydrogen-bond donors (Lipinski definition) is 1. The molecule has 1 fully saturated rings. The van der Waals surface area contributed by atoms with Gasteiger partial charge in [0.25, 0.3) is 0 Å². The molecule has 0 aliphatic carbocycles. The predicted molar refractivity (Wildman–Crippen MR) is 95.0 cm³/mol. The average molecular weight is 336 g/mol. The van der Waals surface area contributed by atoms with E-state index in [-0.39, 0.29) is 18.2 Å². The summed E-state index contributed by atoms with van der Waals surface area (Å²) in [4.78, 5) is 17.5. The molecule has 1 saturated heterocycles. The van der Waals surface area contributed by atoms with Crippen LogP contribution in [0.2, 0.25) is 0 Å². The van der Waals surface area contributed by atoms with E-state index in [0.29, 0.717) is 6.61 Å². The second-order valence-corrected chi connectivity index (χ2v) is 7.60. The van der Waals surface area contributed by atoms with Crippen LogP contribution in [0.4, 0.5) is 4.79 Å². The van der Waals surface area contributed by atoms with E-state index in [4.69, 9.17) is 9.47 Å². The minimum atomic E-state index is -0.437. The maximum Gasteiger partial charge on any atom is 0.410 e. The van der Waals surface area contributed by atoms with Crippen LogP contribution in [0.15, 0.2) is 18.3 Å². The summed E-state index contributed by atoms with van der Waals surface area (Å²) in [7, 11) is 0. The second-order valence-electron chi connectivity index (χ2n) is 7.60. The van der Waals surface area contributed by atoms with Gasteiger partial charge < -0.3 is 19.4 Å². The Bertz CT molecular complexity index is 493. The van der Waals surface area contributed by atoms with Crippen molar-refractivity contribution in [2.45, 2.75) is 77.5 Å². The molecule has 1 N–H and O–H groups in total. The molecule has 1 amide bonds. The number of aromatic nitrogens is 1. The molecule has 2 heterocycles. The number of nitrogens with one attached hydrogen (secondary N) is 1. The number of aromatic amines is 1. The Balaban J connectivity index is 1.75. The van der Waals surface area contributed by atoms with Crippen LogP contribution in [0.1, 0.15) is 71.6 Å². The standard InChI is InChI=1S/C19H32N2O3/c1-15(17-11-7-12-20-17)23-14-8-10-16-9-5-6-13-21(16)18(22)24-19(2,3)4/h7,11-12,15-16,20H,5-6,8-10,13-14H2,1-4H3/t15-,16-/m1/s1. The Morgan fingerprint density at radius 1 is 1.42 bits per heavy atom. The summed E-state index contributed by atoms with van der Waals surface area (Å²) in [5.41, 5.74) is 0.663. The molecule has 136 valence electrons. The maximum absolute atomic E-state index is 12.4. The first kappa shape index (κ1) is 18.8. The third-order valence-electron chi connectivity index (χ3n) is 4.36. The fourth-order valence-corrected chi connectivity index (χ4v) is 3.13. The molecule has 1 aliphatic rings. The topological polar surface area (TPSA) is 54.6 Å². The highest BCUT2D eigenvalue weighted by Gasteiger charge is 2.30. The van der Waals surface area contributed by atoms with Gasteiger partial charge in [-0.15, -0.1) is 0 Å². The number of rotatable bonds is 6. The molecule has 1 aliphatic heterocycles. The SMILES string of the molecule is C[C@@H](OCCC[C@H]1CCCCN1C(=O)OC(C)(C)C)c1ccc[nH]1. The highest BCUT2D eigenvalue weighted by Crippen LogP contribution is 2.24. The van der Waals surface area contributed by atoms with E-state index in [9.17, 15) is 4.79 Å². The third-order valence-corrected chi connectivity index (χ3v) is 4.36. The lowest BCUT2D eigenvalue weighted by atomic mass is 9.98. The van der Waals surface area contributed by atoms with E-state index in [1.165, 1.54) is 6.42 Å². The number of carbonyl (C=O) groups is 1. The van der Waals surface area contributed by atoms with E-state index in [0.717, 1.165) is 37.9 Å². The fraction of sp³-hybridized carbons (Fsp3) is 0.737. The maximum atomic E-state index is 12.4. The summed E-state index contributed by atoms with van der Waals surface area (Å²) >= 11 is 0. The summed E-state index contributed by atoms with van der Waals surface area (Å²) < 4.78 is 11.4. The van der Waals surface area contributed by atoms with Crippen molar-refractivity contribution in [1.82, 2.24) is 9.88 Å². The Morgan fingerprint density at radius 3 is 2.88 bits per heavy atom. The molecule has 0 bridgehead atoms. The molecule has 5 heteroatoms. The van der Waals surface area contributed by atoms with Gasteiger partial charge in [0.2, 0.25) is 0 Å². The molecule has 1 aromatic rings. The van der Waals surface area contributed by atoms with Crippen molar-refractivity contribution >= 4 is 6.09 Å². The van der Waals surface area contributed by atoms with Crippen molar-refractivity contribution in [3.8, 4) is 0 Å². The smallest absolute Gasteiger partial charge is 0.410 e. The molecular formula is C19H32N2O3. The number of nitrogens with zero attached hydrogens (tertiary/aromatic N) is 1. The Morgan fingerprint density at radius 2 is 2.21 bits per heavy atom. The van der Waals surface area contributed by atoms with E-state index >= 15 is 0 Å². The quantitative estimate of drug-likeness (QED) is 0.769. The second kappa shape index (κ2) is 8.56. The van der Waals surface area contributed by atoms with Crippen molar-refractivity contribution in [2.75, 3.05) is 13.2 Å². The molecule has 0 radical (unpaired) electrons. The van der Waals surface area contributed by atoms with Crippen LogP contribution >= 0.6 is 0 Å². The zero-order valence-corrected chi connectivity index (χ0v) is 15.5. The Labute approximate surface area is 145 Å². The Kier molecular flexibility index (Phi) is 6.72. The first-order chi connectivity index (χ1) is 11.4. The van der Waals surface area contributed by atoms with E-state index in [1.807, 2.05) is 44.0 Å². The van der Waals surface area contributed by atoms with Crippen molar-refractivity contribution in [3.63, 3.8) is 0 Å². The number of H-pyrrole nitrogens is 1. The van der Waals surface area contributed by atoms with E-state index < -0.39 is 5.60 Å². The molecule has 0 saturated carbocycles. The van der Waals surface area contributed by atoms with Crippen molar-refractivity contribution in [1.29, 1.82) is 0 Å². The largest absolute Gasteiger partial charge is 0.444 e. The minimum Gasteiger partial charge on any atom is -0.444 e. The number of carbonyl (C=O) groups excluding carboxylic acids is 1. The lowest BCUT2D eigenvalue weighted by Gasteiger charge is -2.37. The van der Waals surface area contributed by atoms with Crippen LogP contribution in [0.5, 0.6) is 0 Å². The van der Waals surface area contributed by atoms with Gasteiger partial charge in [0.1, 0.15) is 5.60 Å². The van der Waals surface area contributed by atoms with E-state index in [2.05, 4.69) is 11.9 Å². The normalized spacial score (nSPS) is 20.0. The third kappa shape index (κ3) is 5.86. The van der Waals surface area contributed by atoms with Gasteiger partial charge in [0.05, 0.1) is 6.10 Å². The monoisotopic (exact) mass is 336 g/mol. The lowest BCUT2D eigenvalue weighted by molar-refractivity contribution is 0.00583. The van der Waals surface area contributed by atoms with Crippen molar-refractivity contribution in [3.05, 3.63) is 24.0 Å². The van der Waals surface area contributed by atoms with Crippen LogP contribution in [0.3, 0.4) is 0 Å². The zero-order valence-electron chi connectivity index (χ0n) is 15.5. The van der Waals surface area contributed by atoms with E-state index in [1.54, 1.807) is 0 Å². The van der Waals surface area contributed by atoms with Crippen LogP contribution in [0.25, 0.3) is 0 Å². The van der Waals surface area contributed by atoms with Crippen molar-refractivity contribution in [2.24, 2.45) is 0 Å². The van der Waals surface area contributed by atoms with Crippen LogP contribution in [0, 0.1) is 0 Å². The highest BCUT2D eigenvalue weighted by atomic mass is 16.6. The molecular weight excluding hydrogens is 304 g/mol. The molecule has 1 aromatic heterocycles. The molecule has 0 aromatic carbocycles. The predicted octanol–water partition coefficient (Wildman–Crippen LogP) is 4.66. The first-order valence-electron chi connectivity index (χ1n) is 9.11.